The third kappa shape index (κ3) is 2.47. The van der Waals surface area contributed by atoms with Gasteiger partial charge in [0, 0.05) is 24.0 Å². The summed E-state index contributed by atoms with van der Waals surface area (Å²) in [5.41, 5.74) is 2.65. The number of rotatable bonds is 2. The zero-order valence-corrected chi connectivity index (χ0v) is 13.9. The lowest BCUT2D eigenvalue weighted by Crippen LogP contribution is -2.39. The average Bonchev–Trinajstić information content (AvgIpc) is 2.91. The van der Waals surface area contributed by atoms with Crippen molar-refractivity contribution in [3.05, 3.63) is 49.3 Å². The summed E-state index contributed by atoms with van der Waals surface area (Å²) in [6, 6.07) is 1.97. The summed E-state index contributed by atoms with van der Waals surface area (Å²) >= 11 is 1.57. The molecule has 5 nitrogen and oxygen atoms in total. The molecule has 0 bridgehead atoms. The summed E-state index contributed by atoms with van der Waals surface area (Å²) in [5, 5.41) is 0. The van der Waals surface area contributed by atoms with Gasteiger partial charge in [0.05, 0.1) is 23.4 Å². The molecule has 0 atom stereocenters. The number of carbonyl (C=O) groups is 1. The van der Waals surface area contributed by atoms with E-state index in [1.807, 2.05) is 13.0 Å². The van der Waals surface area contributed by atoms with Gasteiger partial charge in [-0.2, -0.15) is 0 Å². The zero-order chi connectivity index (χ0) is 15.9. The van der Waals surface area contributed by atoms with Crippen molar-refractivity contribution < 1.29 is 4.79 Å². The minimum atomic E-state index is -0.00247. The van der Waals surface area contributed by atoms with Crippen LogP contribution in [0.5, 0.6) is 0 Å². The molecule has 0 saturated heterocycles. The molecule has 0 spiro atoms. The molecule has 1 aliphatic rings. The summed E-state index contributed by atoms with van der Waals surface area (Å²) in [7, 11) is 1.70. The van der Waals surface area contributed by atoms with Gasteiger partial charge in [0.25, 0.3) is 11.5 Å². The first-order valence-corrected chi connectivity index (χ1v) is 8.24. The monoisotopic (exact) mass is 317 g/mol. The number of thiophene rings is 1. The van der Waals surface area contributed by atoms with Crippen LogP contribution in [0.3, 0.4) is 0 Å². The van der Waals surface area contributed by atoms with Crippen LogP contribution in [-0.2, 0) is 26.4 Å². The van der Waals surface area contributed by atoms with Crippen molar-refractivity contribution >= 4 is 17.2 Å². The van der Waals surface area contributed by atoms with Crippen molar-refractivity contribution in [1.29, 1.82) is 0 Å². The maximum Gasteiger partial charge on any atom is 0.264 e. The van der Waals surface area contributed by atoms with Crippen molar-refractivity contribution in [2.24, 2.45) is 7.05 Å². The zero-order valence-electron chi connectivity index (χ0n) is 13.0. The number of hydrogen-bond donors (Lipinski definition) is 0. The first-order chi connectivity index (χ1) is 10.5. The smallest absolute Gasteiger partial charge is 0.264 e. The quantitative estimate of drug-likeness (QED) is 0.850. The number of aromatic nitrogens is 2. The van der Waals surface area contributed by atoms with E-state index in [4.69, 9.17) is 0 Å². The summed E-state index contributed by atoms with van der Waals surface area (Å²) in [5.74, 6) is 0.0425. The van der Waals surface area contributed by atoms with Crippen LogP contribution in [0.25, 0.3) is 0 Å². The molecule has 116 valence electrons. The van der Waals surface area contributed by atoms with Crippen molar-refractivity contribution in [3.63, 3.8) is 0 Å². The highest BCUT2D eigenvalue weighted by Crippen LogP contribution is 2.25. The standard InChI is InChI=1S/C16H19N3O2S/c1-4-13-10(2)7-14(22-13)16(21)19-6-5-11-12(8-19)17-9-18(3)15(11)20/h7,9H,4-6,8H2,1-3H3. The topological polar surface area (TPSA) is 55.2 Å². The molecule has 0 unspecified atom stereocenters. The largest absolute Gasteiger partial charge is 0.332 e. The molecule has 3 rings (SSSR count). The van der Waals surface area contributed by atoms with E-state index in [-0.39, 0.29) is 11.5 Å². The fourth-order valence-electron chi connectivity index (χ4n) is 2.82. The highest BCUT2D eigenvalue weighted by molar-refractivity contribution is 7.14. The second kappa shape index (κ2) is 5.68. The van der Waals surface area contributed by atoms with Crippen molar-refractivity contribution in [1.82, 2.24) is 14.5 Å². The van der Waals surface area contributed by atoms with Crippen LogP contribution < -0.4 is 5.56 Å². The van der Waals surface area contributed by atoms with Gasteiger partial charge in [-0.1, -0.05) is 6.92 Å². The minimum Gasteiger partial charge on any atom is -0.332 e. The van der Waals surface area contributed by atoms with Gasteiger partial charge in [0.2, 0.25) is 0 Å². The fourth-order valence-corrected chi connectivity index (χ4v) is 3.90. The number of aryl methyl sites for hydroxylation is 3. The van der Waals surface area contributed by atoms with Gasteiger partial charge in [-0.3, -0.25) is 9.59 Å². The number of nitrogens with zero attached hydrogens (tertiary/aromatic N) is 3. The number of amides is 1. The van der Waals surface area contributed by atoms with Gasteiger partial charge in [-0.05, 0) is 31.4 Å². The molecule has 0 fully saturated rings. The van der Waals surface area contributed by atoms with Crippen LogP contribution in [0.15, 0.2) is 17.2 Å². The van der Waals surface area contributed by atoms with Gasteiger partial charge in [-0.15, -0.1) is 11.3 Å². The van der Waals surface area contributed by atoms with Gasteiger partial charge in [0.1, 0.15) is 0 Å². The Morgan fingerprint density at radius 2 is 2.23 bits per heavy atom. The molecule has 1 aliphatic heterocycles. The SMILES string of the molecule is CCc1sc(C(=O)N2CCc3c(ncn(C)c3=O)C2)cc1C. The average molecular weight is 317 g/mol. The lowest BCUT2D eigenvalue weighted by Gasteiger charge is -2.27. The second-order valence-electron chi connectivity index (χ2n) is 5.63. The van der Waals surface area contributed by atoms with Crippen LogP contribution in [0.2, 0.25) is 0 Å². The minimum absolute atomic E-state index is 0.00247. The normalized spacial score (nSPS) is 14.0. The maximum atomic E-state index is 12.7. The Morgan fingerprint density at radius 1 is 1.45 bits per heavy atom. The van der Waals surface area contributed by atoms with E-state index < -0.39 is 0 Å². The second-order valence-corrected chi connectivity index (χ2v) is 6.77. The van der Waals surface area contributed by atoms with Crippen LogP contribution >= 0.6 is 11.3 Å². The first-order valence-electron chi connectivity index (χ1n) is 7.43. The summed E-state index contributed by atoms with van der Waals surface area (Å²) in [6.45, 7) is 5.14. The Kier molecular flexibility index (Phi) is 3.87. The predicted molar refractivity (Wildman–Crippen MR) is 86.4 cm³/mol. The molecular weight excluding hydrogens is 298 g/mol. The van der Waals surface area contributed by atoms with Gasteiger partial charge < -0.3 is 9.47 Å². The van der Waals surface area contributed by atoms with Crippen molar-refractivity contribution in [2.75, 3.05) is 6.54 Å². The van der Waals surface area contributed by atoms with Gasteiger partial charge >= 0.3 is 0 Å². The Balaban J connectivity index is 1.86. The molecule has 0 aliphatic carbocycles. The molecule has 0 N–H and O–H groups in total. The predicted octanol–water partition coefficient (Wildman–Crippen LogP) is 1.91. The molecule has 2 aromatic heterocycles. The van der Waals surface area contributed by atoms with E-state index in [9.17, 15) is 9.59 Å². The van der Waals surface area contributed by atoms with E-state index in [0.717, 1.165) is 22.6 Å². The van der Waals surface area contributed by atoms with Crippen LogP contribution in [0.1, 0.15) is 38.3 Å². The fraction of sp³-hybridized carbons (Fsp3) is 0.438. The lowest BCUT2D eigenvalue weighted by atomic mass is 10.1. The molecule has 1 amide bonds. The molecule has 2 aromatic rings. The van der Waals surface area contributed by atoms with Crippen LogP contribution in [-0.4, -0.2) is 26.9 Å². The van der Waals surface area contributed by atoms with E-state index in [1.165, 1.54) is 21.3 Å². The molecule has 0 aromatic carbocycles. The van der Waals surface area contributed by atoms with E-state index in [0.29, 0.717) is 19.5 Å². The van der Waals surface area contributed by atoms with E-state index in [1.54, 1.807) is 23.3 Å². The van der Waals surface area contributed by atoms with Crippen molar-refractivity contribution in [2.45, 2.75) is 33.2 Å². The molecule has 22 heavy (non-hydrogen) atoms. The molecule has 6 heteroatoms. The van der Waals surface area contributed by atoms with Gasteiger partial charge in [0.15, 0.2) is 0 Å². The lowest BCUT2D eigenvalue weighted by molar-refractivity contribution is 0.0736. The number of carbonyl (C=O) groups excluding carboxylic acids is 1. The maximum absolute atomic E-state index is 12.7. The number of fused-ring (bicyclic) bond motifs is 1. The molecule has 3 heterocycles. The summed E-state index contributed by atoms with van der Waals surface area (Å²) in [4.78, 5) is 32.9. The highest BCUT2D eigenvalue weighted by atomic mass is 32.1. The highest BCUT2D eigenvalue weighted by Gasteiger charge is 2.26. The Bertz CT molecular complexity index is 791. The third-order valence-corrected chi connectivity index (χ3v) is 5.50. The van der Waals surface area contributed by atoms with Crippen molar-refractivity contribution in [3.8, 4) is 0 Å². The summed E-state index contributed by atoms with van der Waals surface area (Å²) in [6.07, 6.45) is 3.05. The van der Waals surface area contributed by atoms with E-state index in [2.05, 4.69) is 11.9 Å². The first kappa shape index (κ1) is 15.0. The Morgan fingerprint density at radius 3 is 2.91 bits per heavy atom. The van der Waals surface area contributed by atoms with Crippen LogP contribution in [0, 0.1) is 6.92 Å². The molecular formula is C16H19N3O2S. The van der Waals surface area contributed by atoms with E-state index >= 15 is 0 Å². The Hall–Kier alpha value is -1.95. The third-order valence-electron chi connectivity index (χ3n) is 4.13. The number of hydrogen-bond acceptors (Lipinski definition) is 4. The van der Waals surface area contributed by atoms with Gasteiger partial charge in [-0.25, -0.2) is 4.98 Å². The Labute approximate surface area is 133 Å². The summed E-state index contributed by atoms with van der Waals surface area (Å²) < 4.78 is 1.49. The van der Waals surface area contributed by atoms with Crippen LogP contribution in [0.4, 0.5) is 0 Å². The molecule has 0 radical (unpaired) electrons. The molecule has 0 saturated carbocycles.